The number of thiazole rings is 1. The summed E-state index contributed by atoms with van der Waals surface area (Å²) in [4.78, 5) is 21.1. The Morgan fingerprint density at radius 3 is 1.94 bits per heavy atom. The standard InChI is InChI=1S/C27H27N7S/c1-3-20(28-11-1)25-30-14-22(32-25)16-5-7-17(8-6-16)27-34-19-10-9-18(13-24(19)35-27)23-15-31-26(33-23)21-4-2-12-29-21/h5-10,13-15,20-21,28-29H,1-4,11-12H2,(H,30,32)(H,31,33). The summed E-state index contributed by atoms with van der Waals surface area (Å²) in [6.45, 7) is 2.14. The van der Waals surface area contributed by atoms with E-state index >= 15 is 0 Å². The van der Waals surface area contributed by atoms with Crippen LogP contribution in [0.25, 0.3) is 43.3 Å². The number of rotatable bonds is 5. The maximum absolute atomic E-state index is 4.90. The summed E-state index contributed by atoms with van der Waals surface area (Å²) in [5, 5.41) is 8.04. The van der Waals surface area contributed by atoms with Crippen molar-refractivity contribution in [2.24, 2.45) is 0 Å². The minimum atomic E-state index is 0.346. The van der Waals surface area contributed by atoms with E-state index in [2.05, 4.69) is 73.0 Å². The third-order valence-corrected chi connectivity index (χ3v) is 8.18. The van der Waals surface area contributed by atoms with Gasteiger partial charge in [-0.1, -0.05) is 30.3 Å². The van der Waals surface area contributed by atoms with Gasteiger partial charge in [-0.25, -0.2) is 15.0 Å². The van der Waals surface area contributed by atoms with E-state index in [4.69, 9.17) is 4.98 Å². The second-order valence-electron chi connectivity index (χ2n) is 9.44. The van der Waals surface area contributed by atoms with Crippen LogP contribution in [-0.4, -0.2) is 38.0 Å². The number of nitrogens with one attached hydrogen (secondary N) is 4. The first-order valence-electron chi connectivity index (χ1n) is 12.4. The molecular weight excluding hydrogens is 454 g/mol. The number of nitrogens with zero attached hydrogens (tertiary/aromatic N) is 3. The first kappa shape index (κ1) is 21.0. The molecular formula is C27H27N7S. The molecule has 7 rings (SSSR count). The van der Waals surface area contributed by atoms with E-state index in [1.54, 1.807) is 11.3 Å². The van der Waals surface area contributed by atoms with Crippen molar-refractivity contribution >= 4 is 21.6 Å². The second-order valence-corrected chi connectivity index (χ2v) is 10.5. The van der Waals surface area contributed by atoms with Crippen LogP contribution in [0.1, 0.15) is 49.4 Å². The molecule has 2 unspecified atom stereocenters. The summed E-state index contributed by atoms with van der Waals surface area (Å²) in [5.74, 6) is 2.07. The molecule has 0 saturated carbocycles. The fourth-order valence-corrected chi connectivity index (χ4v) is 6.18. The zero-order valence-corrected chi connectivity index (χ0v) is 20.2. The SMILES string of the molecule is c1cc(-c2nc3ccc(-c4cnc(C5CCCN5)[nH]4)cc3s2)ccc1-c1cnc(C2CCCN2)[nH]1. The summed E-state index contributed by atoms with van der Waals surface area (Å²) in [7, 11) is 0. The van der Waals surface area contributed by atoms with Crippen LogP contribution < -0.4 is 10.6 Å². The average molecular weight is 482 g/mol. The van der Waals surface area contributed by atoms with Gasteiger partial charge in [0, 0.05) is 11.1 Å². The first-order chi connectivity index (χ1) is 17.3. The predicted octanol–water partition coefficient (Wildman–Crippen LogP) is 5.59. The minimum absolute atomic E-state index is 0.346. The molecule has 0 spiro atoms. The maximum atomic E-state index is 4.90. The van der Waals surface area contributed by atoms with Gasteiger partial charge in [-0.2, -0.15) is 0 Å². The monoisotopic (exact) mass is 481 g/mol. The van der Waals surface area contributed by atoms with Gasteiger partial charge in [0.25, 0.3) is 0 Å². The molecule has 5 aromatic rings. The van der Waals surface area contributed by atoms with E-state index in [-0.39, 0.29) is 0 Å². The van der Waals surface area contributed by atoms with Gasteiger partial charge in [0.15, 0.2) is 0 Å². The Morgan fingerprint density at radius 2 is 1.31 bits per heavy atom. The molecule has 2 saturated heterocycles. The zero-order chi connectivity index (χ0) is 23.2. The van der Waals surface area contributed by atoms with Crippen molar-refractivity contribution in [3.05, 3.63) is 66.5 Å². The quantitative estimate of drug-likeness (QED) is 0.262. The molecule has 2 fully saturated rings. The highest BCUT2D eigenvalue weighted by Crippen LogP contribution is 2.34. The number of imidazole rings is 2. The van der Waals surface area contributed by atoms with Crippen molar-refractivity contribution < 1.29 is 0 Å². The van der Waals surface area contributed by atoms with Gasteiger partial charge in [-0.3, -0.25) is 0 Å². The number of benzene rings is 2. The molecule has 7 nitrogen and oxygen atoms in total. The molecule has 2 atom stereocenters. The van der Waals surface area contributed by atoms with Crippen molar-refractivity contribution in [2.75, 3.05) is 13.1 Å². The number of aromatic nitrogens is 5. The Bertz CT molecular complexity index is 1470. The van der Waals surface area contributed by atoms with Crippen LogP contribution in [0.3, 0.4) is 0 Å². The molecule has 2 aromatic carbocycles. The summed E-state index contributed by atoms with van der Waals surface area (Å²) >= 11 is 1.73. The molecule has 5 heterocycles. The van der Waals surface area contributed by atoms with Crippen LogP contribution >= 0.6 is 11.3 Å². The van der Waals surface area contributed by atoms with Gasteiger partial charge in [0.2, 0.25) is 0 Å². The molecule has 2 aliphatic heterocycles. The van der Waals surface area contributed by atoms with Gasteiger partial charge in [-0.05, 0) is 56.5 Å². The van der Waals surface area contributed by atoms with E-state index in [1.807, 2.05) is 12.4 Å². The van der Waals surface area contributed by atoms with Crippen LogP contribution in [0.15, 0.2) is 54.9 Å². The second kappa shape index (κ2) is 8.71. The van der Waals surface area contributed by atoms with Gasteiger partial charge in [-0.15, -0.1) is 11.3 Å². The summed E-state index contributed by atoms with van der Waals surface area (Å²) < 4.78 is 1.18. The van der Waals surface area contributed by atoms with E-state index in [1.165, 1.54) is 17.5 Å². The average Bonchev–Trinajstić information content (AvgIpc) is 3.73. The Hall–Kier alpha value is -3.33. The third-order valence-electron chi connectivity index (χ3n) is 7.11. The van der Waals surface area contributed by atoms with Crippen molar-refractivity contribution in [1.82, 2.24) is 35.6 Å². The lowest BCUT2D eigenvalue weighted by atomic mass is 10.1. The Balaban J connectivity index is 1.12. The number of aromatic amines is 2. The van der Waals surface area contributed by atoms with Crippen LogP contribution in [0.4, 0.5) is 0 Å². The molecule has 8 heteroatoms. The van der Waals surface area contributed by atoms with E-state index < -0.39 is 0 Å². The smallest absolute Gasteiger partial charge is 0.124 e. The molecule has 0 radical (unpaired) electrons. The van der Waals surface area contributed by atoms with Crippen LogP contribution in [0.2, 0.25) is 0 Å². The molecule has 3 aromatic heterocycles. The van der Waals surface area contributed by atoms with Crippen LogP contribution in [-0.2, 0) is 0 Å². The van der Waals surface area contributed by atoms with Gasteiger partial charge in [0.1, 0.15) is 16.7 Å². The Morgan fingerprint density at radius 1 is 0.714 bits per heavy atom. The molecule has 2 aliphatic rings. The predicted molar refractivity (Wildman–Crippen MR) is 140 cm³/mol. The van der Waals surface area contributed by atoms with E-state index in [0.29, 0.717) is 12.1 Å². The summed E-state index contributed by atoms with van der Waals surface area (Å²) in [5.41, 5.74) is 6.55. The van der Waals surface area contributed by atoms with Crippen LogP contribution in [0.5, 0.6) is 0 Å². The van der Waals surface area contributed by atoms with Crippen molar-refractivity contribution in [3.8, 4) is 33.1 Å². The highest BCUT2D eigenvalue weighted by Gasteiger charge is 2.20. The lowest BCUT2D eigenvalue weighted by molar-refractivity contribution is 0.613. The van der Waals surface area contributed by atoms with E-state index in [9.17, 15) is 0 Å². The summed E-state index contributed by atoms with van der Waals surface area (Å²) in [6.07, 6.45) is 8.58. The largest absolute Gasteiger partial charge is 0.341 e. The Labute approximate surface area is 207 Å². The van der Waals surface area contributed by atoms with Crippen molar-refractivity contribution in [2.45, 2.75) is 37.8 Å². The lowest BCUT2D eigenvalue weighted by Gasteiger charge is -2.05. The minimum Gasteiger partial charge on any atom is -0.341 e. The van der Waals surface area contributed by atoms with E-state index in [0.717, 1.165) is 76.2 Å². The number of fused-ring (bicyclic) bond motifs is 1. The molecule has 35 heavy (non-hydrogen) atoms. The normalized spacial score (nSPS) is 20.2. The highest BCUT2D eigenvalue weighted by molar-refractivity contribution is 7.21. The first-order valence-corrected chi connectivity index (χ1v) is 13.2. The summed E-state index contributed by atoms with van der Waals surface area (Å²) in [6, 6.07) is 15.7. The van der Waals surface area contributed by atoms with Crippen LogP contribution in [0, 0.1) is 0 Å². The number of hydrogen-bond donors (Lipinski definition) is 4. The highest BCUT2D eigenvalue weighted by atomic mass is 32.1. The van der Waals surface area contributed by atoms with Crippen molar-refractivity contribution in [1.29, 1.82) is 0 Å². The molecule has 0 bridgehead atoms. The molecule has 4 N–H and O–H groups in total. The zero-order valence-electron chi connectivity index (χ0n) is 19.3. The van der Waals surface area contributed by atoms with Gasteiger partial charge in [0.05, 0.1) is 46.1 Å². The topological polar surface area (TPSA) is 94.3 Å². The fraction of sp³-hybridized carbons (Fsp3) is 0.296. The molecule has 0 amide bonds. The van der Waals surface area contributed by atoms with Crippen molar-refractivity contribution in [3.63, 3.8) is 0 Å². The molecule has 176 valence electrons. The van der Waals surface area contributed by atoms with Gasteiger partial charge >= 0.3 is 0 Å². The molecule has 0 aliphatic carbocycles. The number of hydrogen-bond acceptors (Lipinski definition) is 6. The third kappa shape index (κ3) is 3.97. The maximum Gasteiger partial charge on any atom is 0.124 e. The fourth-order valence-electron chi connectivity index (χ4n) is 5.16. The number of H-pyrrole nitrogens is 2. The Kier molecular flexibility index (Phi) is 5.23. The lowest BCUT2D eigenvalue weighted by Crippen LogP contribution is -2.14. The van der Waals surface area contributed by atoms with Gasteiger partial charge < -0.3 is 20.6 Å².